The Labute approximate surface area is 95.3 Å². The van der Waals surface area contributed by atoms with Crippen molar-refractivity contribution in [1.29, 1.82) is 0 Å². The van der Waals surface area contributed by atoms with Crippen LogP contribution in [0.4, 0.5) is 5.69 Å². The normalized spacial score (nSPS) is 12.4. The Morgan fingerprint density at radius 3 is 2.75 bits per heavy atom. The minimum Gasteiger partial charge on any atom is -0.376 e. The zero-order valence-corrected chi connectivity index (χ0v) is 9.81. The molecule has 0 bridgehead atoms. The molecule has 0 aliphatic rings. The van der Waals surface area contributed by atoms with Crippen LogP contribution in [0.15, 0.2) is 30.7 Å². The molecule has 0 amide bonds. The van der Waals surface area contributed by atoms with E-state index in [1.54, 1.807) is 6.20 Å². The number of anilines is 1. The number of aromatic nitrogens is 3. The zero-order chi connectivity index (χ0) is 11.5. The van der Waals surface area contributed by atoms with E-state index in [9.17, 15) is 0 Å². The summed E-state index contributed by atoms with van der Waals surface area (Å²) in [5, 5.41) is 7.63. The van der Waals surface area contributed by atoms with Crippen molar-refractivity contribution < 1.29 is 0 Å². The van der Waals surface area contributed by atoms with Gasteiger partial charge in [-0.25, -0.2) is 0 Å². The molecule has 4 heteroatoms. The SMILES string of the molecule is Cc1c(NC(C)c2cccnc2)cnn1C. The molecule has 0 radical (unpaired) electrons. The van der Waals surface area contributed by atoms with Crippen molar-refractivity contribution in [2.75, 3.05) is 5.32 Å². The topological polar surface area (TPSA) is 42.7 Å². The van der Waals surface area contributed by atoms with Gasteiger partial charge in [0.05, 0.1) is 23.6 Å². The summed E-state index contributed by atoms with van der Waals surface area (Å²) in [5.74, 6) is 0. The molecule has 2 aromatic heterocycles. The number of rotatable bonds is 3. The van der Waals surface area contributed by atoms with Gasteiger partial charge in [0.2, 0.25) is 0 Å². The molecule has 0 aliphatic heterocycles. The predicted molar refractivity (Wildman–Crippen MR) is 64.2 cm³/mol. The fourth-order valence-corrected chi connectivity index (χ4v) is 1.59. The van der Waals surface area contributed by atoms with Gasteiger partial charge in [-0.05, 0) is 25.5 Å². The van der Waals surface area contributed by atoms with Crippen molar-refractivity contribution in [3.8, 4) is 0 Å². The van der Waals surface area contributed by atoms with Gasteiger partial charge in [-0.15, -0.1) is 0 Å². The lowest BCUT2D eigenvalue weighted by molar-refractivity contribution is 0.739. The average molecular weight is 216 g/mol. The summed E-state index contributed by atoms with van der Waals surface area (Å²) in [6.07, 6.45) is 5.51. The molecular formula is C12H16N4. The highest BCUT2D eigenvalue weighted by atomic mass is 15.3. The molecule has 2 heterocycles. The van der Waals surface area contributed by atoms with Gasteiger partial charge in [0, 0.05) is 19.4 Å². The van der Waals surface area contributed by atoms with Crippen LogP contribution in [0.1, 0.15) is 24.2 Å². The van der Waals surface area contributed by atoms with E-state index in [0.29, 0.717) is 0 Å². The molecule has 84 valence electrons. The molecule has 0 aliphatic carbocycles. The van der Waals surface area contributed by atoms with Crippen LogP contribution in [0.25, 0.3) is 0 Å². The molecule has 1 atom stereocenters. The van der Waals surface area contributed by atoms with Gasteiger partial charge in [-0.2, -0.15) is 5.10 Å². The van der Waals surface area contributed by atoms with E-state index in [0.717, 1.165) is 11.4 Å². The third kappa shape index (κ3) is 2.05. The van der Waals surface area contributed by atoms with Gasteiger partial charge >= 0.3 is 0 Å². The van der Waals surface area contributed by atoms with Crippen LogP contribution in [0.3, 0.4) is 0 Å². The largest absolute Gasteiger partial charge is 0.376 e. The number of hydrogen-bond donors (Lipinski definition) is 1. The lowest BCUT2D eigenvalue weighted by Gasteiger charge is -2.14. The van der Waals surface area contributed by atoms with Crippen LogP contribution in [-0.4, -0.2) is 14.8 Å². The molecule has 2 aromatic rings. The van der Waals surface area contributed by atoms with Crippen LogP contribution < -0.4 is 5.32 Å². The molecule has 1 unspecified atom stereocenters. The zero-order valence-electron chi connectivity index (χ0n) is 9.81. The Balaban J connectivity index is 2.14. The molecule has 0 fully saturated rings. The van der Waals surface area contributed by atoms with Crippen molar-refractivity contribution in [3.05, 3.63) is 42.0 Å². The van der Waals surface area contributed by atoms with Gasteiger partial charge < -0.3 is 5.32 Å². The summed E-state index contributed by atoms with van der Waals surface area (Å²) in [4.78, 5) is 4.11. The molecule has 4 nitrogen and oxygen atoms in total. The van der Waals surface area contributed by atoms with Gasteiger partial charge in [-0.1, -0.05) is 6.07 Å². The Hall–Kier alpha value is -1.84. The first-order valence-corrected chi connectivity index (χ1v) is 5.33. The van der Waals surface area contributed by atoms with E-state index in [2.05, 4.69) is 28.4 Å². The number of pyridine rings is 1. The van der Waals surface area contributed by atoms with Crippen LogP contribution in [-0.2, 0) is 7.05 Å². The van der Waals surface area contributed by atoms with E-state index in [-0.39, 0.29) is 6.04 Å². The highest BCUT2D eigenvalue weighted by Crippen LogP contribution is 2.20. The summed E-state index contributed by atoms with van der Waals surface area (Å²) in [6, 6.07) is 4.25. The minimum atomic E-state index is 0.233. The van der Waals surface area contributed by atoms with E-state index in [1.165, 1.54) is 5.56 Å². The quantitative estimate of drug-likeness (QED) is 0.856. The molecule has 0 spiro atoms. The van der Waals surface area contributed by atoms with Gasteiger partial charge in [-0.3, -0.25) is 9.67 Å². The Kier molecular flexibility index (Phi) is 2.90. The summed E-state index contributed by atoms with van der Waals surface area (Å²) in [7, 11) is 1.94. The molecule has 2 rings (SSSR count). The molecular weight excluding hydrogens is 200 g/mol. The fraction of sp³-hybridized carbons (Fsp3) is 0.333. The van der Waals surface area contributed by atoms with Crippen LogP contribution in [0.2, 0.25) is 0 Å². The molecule has 0 saturated heterocycles. The average Bonchev–Trinajstić information content (AvgIpc) is 2.62. The predicted octanol–water partition coefficient (Wildman–Crippen LogP) is 2.30. The second kappa shape index (κ2) is 4.35. The van der Waals surface area contributed by atoms with Gasteiger partial charge in [0.15, 0.2) is 0 Å². The number of hydrogen-bond acceptors (Lipinski definition) is 3. The van der Waals surface area contributed by atoms with Crippen molar-refractivity contribution in [2.45, 2.75) is 19.9 Å². The van der Waals surface area contributed by atoms with E-state index < -0.39 is 0 Å². The van der Waals surface area contributed by atoms with Crippen molar-refractivity contribution >= 4 is 5.69 Å². The minimum absolute atomic E-state index is 0.233. The van der Waals surface area contributed by atoms with E-state index in [1.807, 2.05) is 37.1 Å². The second-order valence-electron chi connectivity index (χ2n) is 3.92. The second-order valence-corrected chi connectivity index (χ2v) is 3.92. The maximum absolute atomic E-state index is 4.20. The van der Waals surface area contributed by atoms with Crippen molar-refractivity contribution in [1.82, 2.24) is 14.8 Å². The lowest BCUT2D eigenvalue weighted by Crippen LogP contribution is -2.07. The lowest BCUT2D eigenvalue weighted by atomic mass is 10.1. The van der Waals surface area contributed by atoms with E-state index >= 15 is 0 Å². The summed E-state index contributed by atoms with van der Waals surface area (Å²) in [6.45, 7) is 4.16. The Bertz CT molecular complexity index is 461. The Morgan fingerprint density at radius 1 is 1.38 bits per heavy atom. The number of nitrogens with zero attached hydrogens (tertiary/aromatic N) is 3. The first-order chi connectivity index (χ1) is 7.68. The van der Waals surface area contributed by atoms with Crippen molar-refractivity contribution in [2.24, 2.45) is 7.05 Å². The standard InChI is InChI=1S/C12H16N4/c1-9(11-5-4-6-13-7-11)15-12-8-14-16(3)10(12)2/h4-9,15H,1-3H3. The highest BCUT2D eigenvalue weighted by Gasteiger charge is 2.08. The highest BCUT2D eigenvalue weighted by molar-refractivity contribution is 5.47. The van der Waals surface area contributed by atoms with Crippen molar-refractivity contribution in [3.63, 3.8) is 0 Å². The van der Waals surface area contributed by atoms with Crippen LogP contribution >= 0.6 is 0 Å². The maximum Gasteiger partial charge on any atom is 0.0760 e. The molecule has 0 saturated carbocycles. The first-order valence-electron chi connectivity index (χ1n) is 5.33. The summed E-state index contributed by atoms with van der Waals surface area (Å²) < 4.78 is 1.86. The third-order valence-electron chi connectivity index (χ3n) is 2.79. The summed E-state index contributed by atoms with van der Waals surface area (Å²) >= 11 is 0. The molecule has 0 aromatic carbocycles. The molecule has 16 heavy (non-hydrogen) atoms. The fourth-order valence-electron chi connectivity index (χ4n) is 1.59. The maximum atomic E-state index is 4.20. The third-order valence-corrected chi connectivity index (χ3v) is 2.79. The van der Waals surface area contributed by atoms with Crippen LogP contribution in [0, 0.1) is 6.92 Å². The molecule has 1 N–H and O–H groups in total. The van der Waals surface area contributed by atoms with Gasteiger partial charge in [0.25, 0.3) is 0 Å². The number of aryl methyl sites for hydroxylation is 1. The summed E-state index contributed by atoms with van der Waals surface area (Å²) in [5.41, 5.74) is 3.38. The Morgan fingerprint density at radius 2 is 2.19 bits per heavy atom. The van der Waals surface area contributed by atoms with Crippen LogP contribution in [0.5, 0.6) is 0 Å². The van der Waals surface area contributed by atoms with Gasteiger partial charge in [0.1, 0.15) is 0 Å². The monoisotopic (exact) mass is 216 g/mol. The number of nitrogens with one attached hydrogen (secondary N) is 1. The smallest absolute Gasteiger partial charge is 0.0760 e. The first kappa shape index (κ1) is 10.7. The van der Waals surface area contributed by atoms with E-state index in [4.69, 9.17) is 0 Å².